The van der Waals surface area contributed by atoms with Crippen molar-refractivity contribution in [3.8, 4) is 0 Å². The number of ether oxygens (including phenoxy) is 2. The van der Waals surface area contributed by atoms with Crippen LogP contribution < -0.4 is 5.32 Å². The minimum atomic E-state index is -0.620. The van der Waals surface area contributed by atoms with Gasteiger partial charge >= 0.3 is 6.09 Å². The number of rotatable bonds is 8. The molecule has 0 aromatic heterocycles. The Bertz CT molecular complexity index is 896. The highest BCUT2D eigenvalue weighted by Gasteiger charge is 2.44. The summed E-state index contributed by atoms with van der Waals surface area (Å²) in [6.07, 6.45) is 0.977. The average Bonchev–Trinajstić information content (AvgIpc) is 3.11. The smallest absolute Gasteiger partial charge is 0.407 e. The van der Waals surface area contributed by atoms with Crippen molar-refractivity contribution in [1.82, 2.24) is 10.2 Å². The zero-order chi connectivity index (χ0) is 22.3. The van der Waals surface area contributed by atoms with E-state index >= 15 is 0 Å². The first kappa shape index (κ1) is 22.4. The second kappa shape index (κ2) is 10.2. The molecule has 1 N–H and O–H groups in total. The first-order valence-electron chi connectivity index (χ1n) is 10.5. The highest BCUT2D eigenvalue weighted by Crippen LogP contribution is 2.36. The van der Waals surface area contributed by atoms with Crippen LogP contribution >= 0.6 is 0 Å². The Kier molecular flexibility index (Phi) is 7.34. The maximum Gasteiger partial charge on any atom is 0.407 e. The van der Waals surface area contributed by atoms with Gasteiger partial charge in [0.2, 0.25) is 5.91 Å². The second-order valence-electron chi connectivity index (χ2n) is 8.29. The molecule has 0 unspecified atom stereocenters. The van der Waals surface area contributed by atoms with E-state index in [4.69, 9.17) is 9.47 Å². The number of nitrogens with zero attached hydrogens (tertiary/aromatic N) is 1. The largest absolute Gasteiger partial charge is 0.492 e. The number of benzene rings is 2. The van der Waals surface area contributed by atoms with Crippen molar-refractivity contribution in [3.05, 3.63) is 84.1 Å². The van der Waals surface area contributed by atoms with Gasteiger partial charge in [0.15, 0.2) is 0 Å². The molecule has 2 amide bonds. The van der Waals surface area contributed by atoms with Crippen LogP contribution in [0.15, 0.2) is 73.0 Å². The number of alkyl carbamates (subject to hydrolysis) is 1. The molecule has 1 saturated heterocycles. The number of carbonyl (C=O) groups is 2. The van der Waals surface area contributed by atoms with Gasteiger partial charge in [-0.15, -0.1) is 0 Å². The SMILES string of the molecule is C=C(OCc1ccccc1)[C@@H]1CCC(C)(C)N1C(=O)CNC(=O)OCc1ccccc1. The van der Waals surface area contributed by atoms with Gasteiger partial charge in [0.25, 0.3) is 0 Å². The van der Waals surface area contributed by atoms with Crippen molar-refractivity contribution in [2.24, 2.45) is 0 Å². The van der Waals surface area contributed by atoms with E-state index in [1.165, 1.54) is 0 Å². The molecule has 3 rings (SSSR count). The van der Waals surface area contributed by atoms with Gasteiger partial charge in [-0.1, -0.05) is 67.2 Å². The first-order valence-corrected chi connectivity index (χ1v) is 10.5. The number of carbonyl (C=O) groups excluding carboxylic acids is 2. The third kappa shape index (κ3) is 6.10. The molecule has 0 spiro atoms. The molecule has 2 aromatic rings. The highest BCUT2D eigenvalue weighted by atomic mass is 16.5. The van der Waals surface area contributed by atoms with Crippen molar-refractivity contribution in [3.63, 3.8) is 0 Å². The van der Waals surface area contributed by atoms with Crippen molar-refractivity contribution in [2.45, 2.75) is 51.5 Å². The van der Waals surface area contributed by atoms with Gasteiger partial charge in [-0.25, -0.2) is 4.79 Å². The molecule has 0 aliphatic carbocycles. The van der Waals surface area contributed by atoms with Gasteiger partial charge in [-0.05, 0) is 37.8 Å². The van der Waals surface area contributed by atoms with Crippen molar-refractivity contribution in [1.29, 1.82) is 0 Å². The Morgan fingerprint density at radius 3 is 2.13 bits per heavy atom. The fourth-order valence-electron chi connectivity index (χ4n) is 3.83. The predicted octanol–water partition coefficient (Wildman–Crippen LogP) is 4.41. The number of hydrogen-bond acceptors (Lipinski definition) is 4. The minimum Gasteiger partial charge on any atom is -0.492 e. The molecule has 1 aliphatic rings. The molecule has 1 fully saturated rings. The predicted molar refractivity (Wildman–Crippen MR) is 119 cm³/mol. The number of hydrogen-bond donors (Lipinski definition) is 1. The monoisotopic (exact) mass is 422 g/mol. The number of nitrogens with one attached hydrogen (secondary N) is 1. The van der Waals surface area contributed by atoms with Crippen LogP contribution in [0.5, 0.6) is 0 Å². The Morgan fingerprint density at radius 1 is 1.00 bits per heavy atom. The molecule has 6 heteroatoms. The van der Waals surface area contributed by atoms with Crippen LogP contribution in [0.1, 0.15) is 37.8 Å². The van der Waals surface area contributed by atoms with Gasteiger partial charge in [0, 0.05) is 5.54 Å². The van der Waals surface area contributed by atoms with Gasteiger partial charge in [-0.3, -0.25) is 4.79 Å². The molecule has 31 heavy (non-hydrogen) atoms. The first-order chi connectivity index (χ1) is 14.9. The van der Waals surface area contributed by atoms with Crippen LogP contribution in [0.2, 0.25) is 0 Å². The summed E-state index contributed by atoms with van der Waals surface area (Å²) in [7, 11) is 0. The van der Waals surface area contributed by atoms with Crippen LogP contribution in [-0.4, -0.2) is 35.0 Å². The molecular weight excluding hydrogens is 392 g/mol. The van der Waals surface area contributed by atoms with Gasteiger partial charge < -0.3 is 19.7 Å². The van der Waals surface area contributed by atoms with E-state index in [-0.39, 0.29) is 30.6 Å². The quantitative estimate of drug-likeness (QED) is 0.640. The molecule has 0 bridgehead atoms. The van der Waals surface area contributed by atoms with E-state index in [0.717, 1.165) is 24.0 Å². The van der Waals surface area contributed by atoms with E-state index in [2.05, 4.69) is 11.9 Å². The Balaban J connectivity index is 1.52. The summed E-state index contributed by atoms with van der Waals surface area (Å²) in [6.45, 7) is 8.54. The summed E-state index contributed by atoms with van der Waals surface area (Å²) in [5.41, 5.74) is 1.58. The van der Waals surface area contributed by atoms with Crippen LogP contribution in [0.3, 0.4) is 0 Å². The minimum absolute atomic E-state index is 0.139. The molecule has 0 radical (unpaired) electrons. The lowest BCUT2D eigenvalue weighted by molar-refractivity contribution is -0.135. The fourth-order valence-corrected chi connectivity index (χ4v) is 3.83. The van der Waals surface area contributed by atoms with E-state index in [9.17, 15) is 9.59 Å². The topological polar surface area (TPSA) is 67.9 Å². The molecule has 6 nitrogen and oxygen atoms in total. The molecule has 1 aliphatic heterocycles. The summed E-state index contributed by atoms with van der Waals surface area (Å²) < 4.78 is 11.1. The Hall–Kier alpha value is -3.28. The van der Waals surface area contributed by atoms with E-state index in [1.807, 2.05) is 74.5 Å². The molecular formula is C25H30N2O4. The summed E-state index contributed by atoms with van der Waals surface area (Å²) in [6, 6.07) is 19.0. The lowest BCUT2D eigenvalue weighted by Gasteiger charge is -2.36. The van der Waals surface area contributed by atoms with E-state index in [1.54, 1.807) is 4.90 Å². The van der Waals surface area contributed by atoms with Gasteiger partial charge in [0.05, 0.1) is 6.04 Å². The third-order valence-corrected chi connectivity index (χ3v) is 5.50. The van der Waals surface area contributed by atoms with E-state index in [0.29, 0.717) is 12.4 Å². The number of likely N-dealkylation sites (tertiary alicyclic amines) is 1. The maximum absolute atomic E-state index is 13.0. The average molecular weight is 423 g/mol. The van der Waals surface area contributed by atoms with Crippen molar-refractivity contribution in [2.75, 3.05) is 6.54 Å². The molecule has 164 valence electrons. The molecule has 1 heterocycles. The summed E-state index contributed by atoms with van der Waals surface area (Å²) in [5.74, 6) is 0.378. The summed E-state index contributed by atoms with van der Waals surface area (Å²) in [4.78, 5) is 26.8. The van der Waals surface area contributed by atoms with Gasteiger partial charge in [0.1, 0.15) is 25.5 Å². The fraction of sp³-hybridized carbons (Fsp3) is 0.360. The second-order valence-corrected chi connectivity index (χ2v) is 8.29. The van der Waals surface area contributed by atoms with Gasteiger partial charge in [-0.2, -0.15) is 0 Å². The Morgan fingerprint density at radius 2 is 1.55 bits per heavy atom. The molecule has 0 saturated carbocycles. The lowest BCUT2D eigenvalue weighted by atomic mass is 10.0. The molecule has 2 aromatic carbocycles. The third-order valence-electron chi connectivity index (χ3n) is 5.50. The van der Waals surface area contributed by atoms with Crippen LogP contribution in [-0.2, 0) is 27.5 Å². The summed E-state index contributed by atoms with van der Waals surface area (Å²) in [5, 5.41) is 2.56. The van der Waals surface area contributed by atoms with E-state index < -0.39 is 6.09 Å². The lowest BCUT2D eigenvalue weighted by Crippen LogP contribution is -2.51. The maximum atomic E-state index is 13.0. The van der Waals surface area contributed by atoms with Crippen LogP contribution in [0.4, 0.5) is 4.79 Å². The normalized spacial score (nSPS) is 17.1. The summed E-state index contributed by atoms with van der Waals surface area (Å²) >= 11 is 0. The highest BCUT2D eigenvalue weighted by molar-refractivity contribution is 5.83. The Labute approximate surface area is 183 Å². The standard InChI is InChI=1S/C25H30N2O4/c1-19(30-17-20-10-6-4-7-11-20)22-14-15-25(2,3)27(22)23(28)16-26-24(29)31-18-21-12-8-5-9-13-21/h4-13,22H,1,14-18H2,2-3H3,(H,26,29)/t22-/m0/s1. The van der Waals surface area contributed by atoms with Crippen molar-refractivity contribution < 1.29 is 19.1 Å². The molecule has 1 atom stereocenters. The zero-order valence-corrected chi connectivity index (χ0v) is 18.2. The number of amides is 2. The van der Waals surface area contributed by atoms with Crippen molar-refractivity contribution >= 4 is 12.0 Å². The zero-order valence-electron chi connectivity index (χ0n) is 18.2. The van der Waals surface area contributed by atoms with Crippen LogP contribution in [0, 0.1) is 0 Å². The van der Waals surface area contributed by atoms with Crippen LogP contribution in [0.25, 0.3) is 0 Å².